The highest BCUT2D eigenvalue weighted by Crippen LogP contribution is 2.29. The van der Waals surface area contributed by atoms with Crippen molar-refractivity contribution in [3.8, 4) is 0 Å². The summed E-state index contributed by atoms with van der Waals surface area (Å²) in [7, 11) is 1.73. The van der Waals surface area contributed by atoms with Crippen molar-refractivity contribution < 1.29 is 10.0 Å². The average molecular weight is 292 g/mol. The first kappa shape index (κ1) is 16.9. The quantitative estimate of drug-likeness (QED) is 0.346. The first-order valence-corrected chi connectivity index (χ1v) is 7.15. The smallest absolute Gasteiger partial charge is 0.236 e. The summed E-state index contributed by atoms with van der Waals surface area (Å²) in [6, 6.07) is 5.70. The zero-order valence-corrected chi connectivity index (χ0v) is 12.9. The highest BCUT2D eigenvalue weighted by Gasteiger charge is 2.41. The predicted octanol–water partition coefficient (Wildman–Crippen LogP) is 1.64. The van der Waals surface area contributed by atoms with Gasteiger partial charge in [0, 0.05) is 31.9 Å². The number of amides is 1. The molecule has 1 amide bonds. The number of carbonyl (C=O) groups is 1. The third-order valence-electron chi connectivity index (χ3n) is 3.99. The molecule has 3 N–H and O–H groups in total. The summed E-state index contributed by atoms with van der Waals surface area (Å²) in [4.78, 5) is 18.5. The van der Waals surface area contributed by atoms with Crippen LogP contribution in [0.25, 0.3) is 0 Å². The fraction of sp³-hybridized carbons (Fsp3) is 0.533. The number of carbonyl (C=O) groups excluding carboxylic acids is 1. The zero-order chi connectivity index (χ0) is 15.9. The molecular formula is C15H24N4O2. The molecule has 0 bridgehead atoms. The minimum atomic E-state index is -0.937. The van der Waals surface area contributed by atoms with Gasteiger partial charge in [-0.1, -0.05) is 25.1 Å². The maximum absolute atomic E-state index is 12.7. The summed E-state index contributed by atoms with van der Waals surface area (Å²) in [6.07, 6.45) is 3.39. The number of nitrogens with two attached hydrogens (primary N) is 1. The van der Waals surface area contributed by atoms with Crippen LogP contribution in [0.1, 0.15) is 32.4 Å². The van der Waals surface area contributed by atoms with E-state index in [2.05, 4.69) is 10.1 Å². The van der Waals surface area contributed by atoms with Crippen LogP contribution < -0.4 is 5.73 Å². The van der Waals surface area contributed by atoms with E-state index in [4.69, 9.17) is 10.9 Å². The Morgan fingerprint density at radius 1 is 1.43 bits per heavy atom. The highest BCUT2D eigenvalue weighted by molar-refractivity contribution is 6.06. The second-order valence-electron chi connectivity index (χ2n) is 5.07. The van der Waals surface area contributed by atoms with Crippen LogP contribution in [0.2, 0.25) is 0 Å². The Morgan fingerprint density at radius 3 is 2.57 bits per heavy atom. The van der Waals surface area contributed by atoms with Crippen molar-refractivity contribution in [2.45, 2.75) is 33.1 Å². The molecule has 6 heteroatoms. The largest absolute Gasteiger partial charge is 0.409 e. The van der Waals surface area contributed by atoms with Gasteiger partial charge in [-0.25, -0.2) is 0 Å². The fourth-order valence-electron chi connectivity index (χ4n) is 2.42. The second kappa shape index (κ2) is 7.61. The maximum Gasteiger partial charge on any atom is 0.236 e. The molecule has 116 valence electrons. The van der Waals surface area contributed by atoms with E-state index in [1.54, 1.807) is 18.1 Å². The third-order valence-corrected chi connectivity index (χ3v) is 3.99. The topological polar surface area (TPSA) is 91.8 Å². The van der Waals surface area contributed by atoms with Gasteiger partial charge in [0.2, 0.25) is 5.91 Å². The Labute approximate surface area is 125 Å². The van der Waals surface area contributed by atoms with E-state index in [0.717, 1.165) is 5.69 Å². The maximum atomic E-state index is 12.7. The number of likely N-dealkylation sites (N-methyl/N-ethyl adjacent to an activating group) is 1. The van der Waals surface area contributed by atoms with Crippen molar-refractivity contribution in [3.63, 3.8) is 0 Å². The van der Waals surface area contributed by atoms with Gasteiger partial charge in [0.05, 0.1) is 0 Å². The van der Waals surface area contributed by atoms with Crippen LogP contribution in [0.4, 0.5) is 0 Å². The molecule has 1 aromatic rings. The van der Waals surface area contributed by atoms with Crippen molar-refractivity contribution >= 4 is 11.7 Å². The van der Waals surface area contributed by atoms with Crippen LogP contribution in [-0.2, 0) is 11.2 Å². The molecular weight excluding hydrogens is 268 g/mol. The van der Waals surface area contributed by atoms with Gasteiger partial charge in [-0.15, -0.1) is 0 Å². The molecule has 0 saturated carbocycles. The van der Waals surface area contributed by atoms with E-state index in [-0.39, 0.29) is 11.7 Å². The Balaban J connectivity index is 2.80. The first-order chi connectivity index (χ1) is 10.0. The number of oxime groups is 1. The zero-order valence-electron chi connectivity index (χ0n) is 12.9. The van der Waals surface area contributed by atoms with Gasteiger partial charge in [0.25, 0.3) is 0 Å². The van der Waals surface area contributed by atoms with E-state index in [1.807, 2.05) is 32.0 Å². The van der Waals surface area contributed by atoms with Gasteiger partial charge in [-0.3, -0.25) is 9.78 Å². The van der Waals surface area contributed by atoms with Crippen LogP contribution in [-0.4, -0.2) is 40.4 Å². The number of pyridine rings is 1. The van der Waals surface area contributed by atoms with Gasteiger partial charge >= 0.3 is 0 Å². The molecule has 0 fully saturated rings. The minimum Gasteiger partial charge on any atom is -0.409 e. The monoisotopic (exact) mass is 292 g/mol. The van der Waals surface area contributed by atoms with E-state index in [0.29, 0.717) is 25.8 Å². The van der Waals surface area contributed by atoms with Crippen molar-refractivity contribution in [1.29, 1.82) is 0 Å². The normalized spacial score (nSPS) is 12.2. The number of nitrogens with zero attached hydrogens (tertiary/aromatic N) is 3. The molecule has 0 spiro atoms. The molecule has 1 heterocycles. The van der Waals surface area contributed by atoms with E-state index >= 15 is 0 Å². The SMILES string of the molecule is CCC(CC)(C(=O)N(C)CCc1ccccn1)C(N)=NO. The van der Waals surface area contributed by atoms with Gasteiger partial charge in [0.15, 0.2) is 5.84 Å². The Bertz CT molecular complexity index is 484. The average Bonchev–Trinajstić information content (AvgIpc) is 2.54. The van der Waals surface area contributed by atoms with E-state index < -0.39 is 5.41 Å². The molecule has 1 aromatic heterocycles. The number of hydrogen-bond donors (Lipinski definition) is 2. The van der Waals surface area contributed by atoms with Crippen molar-refractivity contribution in [2.75, 3.05) is 13.6 Å². The van der Waals surface area contributed by atoms with Crippen molar-refractivity contribution in [3.05, 3.63) is 30.1 Å². The molecule has 6 nitrogen and oxygen atoms in total. The summed E-state index contributed by atoms with van der Waals surface area (Å²) in [6.45, 7) is 4.27. The third kappa shape index (κ3) is 3.71. The van der Waals surface area contributed by atoms with Crippen LogP contribution in [0.3, 0.4) is 0 Å². The van der Waals surface area contributed by atoms with Crippen LogP contribution in [0, 0.1) is 5.41 Å². The lowest BCUT2D eigenvalue weighted by atomic mass is 9.79. The Hall–Kier alpha value is -2.11. The number of amidine groups is 1. The number of aromatic nitrogens is 1. The molecule has 0 unspecified atom stereocenters. The molecule has 0 saturated heterocycles. The lowest BCUT2D eigenvalue weighted by Crippen LogP contribution is -2.50. The lowest BCUT2D eigenvalue weighted by molar-refractivity contribution is -0.137. The van der Waals surface area contributed by atoms with Crippen LogP contribution in [0.15, 0.2) is 29.6 Å². The summed E-state index contributed by atoms with van der Waals surface area (Å²) in [5.41, 5.74) is 5.75. The molecule has 21 heavy (non-hydrogen) atoms. The summed E-state index contributed by atoms with van der Waals surface area (Å²) in [5.74, 6) is -0.152. The van der Waals surface area contributed by atoms with Gasteiger partial charge in [0.1, 0.15) is 5.41 Å². The van der Waals surface area contributed by atoms with E-state index in [1.165, 1.54) is 0 Å². The second-order valence-corrected chi connectivity index (χ2v) is 5.07. The minimum absolute atomic E-state index is 0.0258. The van der Waals surface area contributed by atoms with Gasteiger partial charge in [-0.05, 0) is 25.0 Å². The predicted molar refractivity (Wildman–Crippen MR) is 82.0 cm³/mol. The molecule has 1 rings (SSSR count). The van der Waals surface area contributed by atoms with Gasteiger partial charge in [-0.2, -0.15) is 0 Å². The Morgan fingerprint density at radius 2 is 2.10 bits per heavy atom. The van der Waals surface area contributed by atoms with Gasteiger partial charge < -0.3 is 15.8 Å². The van der Waals surface area contributed by atoms with Crippen molar-refractivity contribution in [2.24, 2.45) is 16.3 Å². The molecule has 0 atom stereocenters. The number of rotatable bonds is 7. The van der Waals surface area contributed by atoms with Crippen LogP contribution >= 0.6 is 0 Å². The molecule has 0 aliphatic rings. The molecule has 0 aromatic carbocycles. The standard InChI is InChI=1S/C15H24N4O2/c1-4-15(5-2,13(16)18-21)14(20)19(3)11-9-12-8-6-7-10-17-12/h6-8,10,21H,4-5,9,11H2,1-3H3,(H2,16,18). The molecule has 0 aliphatic carbocycles. The summed E-state index contributed by atoms with van der Waals surface area (Å²) in [5, 5.41) is 12.0. The first-order valence-electron chi connectivity index (χ1n) is 7.15. The summed E-state index contributed by atoms with van der Waals surface area (Å²) >= 11 is 0. The Kier molecular flexibility index (Phi) is 6.14. The summed E-state index contributed by atoms with van der Waals surface area (Å²) < 4.78 is 0. The lowest BCUT2D eigenvalue weighted by Gasteiger charge is -2.33. The molecule has 0 radical (unpaired) electrons. The highest BCUT2D eigenvalue weighted by atomic mass is 16.4. The fourth-order valence-corrected chi connectivity index (χ4v) is 2.42. The van der Waals surface area contributed by atoms with E-state index in [9.17, 15) is 4.79 Å². The molecule has 0 aliphatic heterocycles. The number of hydrogen-bond acceptors (Lipinski definition) is 4. The van der Waals surface area contributed by atoms with Crippen molar-refractivity contribution in [1.82, 2.24) is 9.88 Å². The van der Waals surface area contributed by atoms with Crippen LogP contribution in [0.5, 0.6) is 0 Å².